The van der Waals surface area contributed by atoms with Gasteiger partial charge in [0, 0.05) is 0 Å². The Morgan fingerprint density at radius 2 is 2.24 bits per heavy atom. The number of rotatable bonds is 3. The van der Waals surface area contributed by atoms with E-state index in [-0.39, 0.29) is 11.8 Å². The van der Waals surface area contributed by atoms with E-state index in [4.69, 9.17) is 8.94 Å². The predicted molar refractivity (Wildman–Crippen MR) is 56.8 cm³/mol. The second kappa shape index (κ2) is 3.40. The van der Waals surface area contributed by atoms with E-state index in [1.54, 1.807) is 13.8 Å². The Kier molecular flexibility index (Phi) is 2.09. The fraction of sp³-hybridized carbons (Fsp3) is 0.545. The highest BCUT2D eigenvalue weighted by atomic mass is 16.5. The maximum atomic E-state index is 10.3. The van der Waals surface area contributed by atoms with Gasteiger partial charge in [-0.3, -0.25) is 0 Å². The van der Waals surface area contributed by atoms with Crippen molar-refractivity contribution in [3.05, 3.63) is 18.0 Å². The van der Waals surface area contributed by atoms with Crippen molar-refractivity contribution < 1.29 is 14.0 Å². The number of aryl methyl sites for hydroxylation is 1. The number of aromatic nitrogens is 3. The van der Waals surface area contributed by atoms with E-state index in [2.05, 4.69) is 15.1 Å². The van der Waals surface area contributed by atoms with E-state index in [9.17, 15) is 5.11 Å². The molecule has 1 N–H and O–H groups in total. The molecule has 90 valence electrons. The van der Waals surface area contributed by atoms with Crippen molar-refractivity contribution in [1.82, 2.24) is 15.1 Å². The van der Waals surface area contributed by atoms with Gasteiger partial charge in [0.05, 0.1) is 5.69 Å². The molecule has 1 aliphatic carbocycles. The molecule has 1 aliphatic rings. The van der Waals surface area contributed by atoms with Gasteiger partial charge in [-0.15, -0.1) is 0 Å². The third-order valence-electron chi connectivity index (χ3n) is 3.18. The summed E-state index contributed by atoms with van der Waals surface area (Å²) >= 11 is 0. The third kappa shape index (κ3) is 1.64. The van der Waals surface area contributed by atoms with Gasteiger partial charge in [-0.25, -0.2) is 4.98 Å². The Hall–Kier alpha value is -1.69. The van der Waals surface area contributed by atoms with Crippen LogP contribution in [0.5, 0.6) is 0 Å². The largest absolute Gasteiger partial charge is 0.440 e. The fourth-order valence-corrected chi connectivity index (χ4v) is 1.86. The average Bonchev–Trinajstić information content (AvgIpc) is 2.89. The van der Waals surface area contributed by atoms with Crippen LogP contribution in [-0.4, -0.2) is 20.2 Å². The van der Waals surface area contributed by atoms with E-state index in [1.807, 2.05) is 0 Å². The summed E-state index contributed by atoms with van der Waals surface area (Å²) in [6, 6.07) is 0. The fourth-order valence-electron chi connectivity index (χ4n) is 1.86. The lowest BCUT2D eigenvalue weighted by atomic mass is 10.0. The third-order valence-corrected chi connectivity index (χ3v) is 3.18. The van der Waals surface area contributed by atoms with Crippen LogP contribution in [0.4, 0.5) is 0 Å². The minimum atomic E-state index is -1.04. The Bertz CT molecular complexity index is 540. The van der Waals surface area contributed by atoms with Crippen LogP contribution in [0.15, 0.2) is 15.3 Å². The lowest BCUT2D eigenvalue weighted by Crippen LogP contribution is -2.24. The normalized spacial score (nSPS) is 19.2. The summed E-state index contributed by atoms with van der Waals surface area (Å²) in [7, 11) is 0. The number of nitrogens with zero attached hydrogens (tertiary/aromatic N) is 3. The standard InChI is InChI=1S/C11H13N3O3/c1-6-8(16-5-12-6)9-13-10(17-14-9)11(2,15)7-3-4-7/h5,7,15H,3-4H2,1-2H3. The Labute approximate surface area is 97.7 Å². The summed E-state index contributed by atoms with van der Waals surface area (Å²) in [5.74, 6) is 1.26. The zero-order valence-electron chi connectivity index (χ0n) is 9.67. The molecule has 1 saturated carbocycles. The molecule has 1 atom stereocenters. The van der Waals surface area contributed by atoms with Crippen LogP contribution >= 0.6 is 0 Å². The van der Waals surface area contributed by atoms with Crippen LogP contribution in [0.2, 0.25) is 0 Å². The second-order valence-electron chi connectivity index (χ2n) is 4.61. The van der Waals surface area contributed by atoms with E-state index < -0.39 is 5.60 Å². The molecule has 6 heteroatoms. The highest BCUT2D eigenvalue weighted by molar-refractivity contribution is 5.48. The molecule has 2 heterocycles. The van der Waals surface area contributed by atoms with Crippen LogP contribution in [0.3, 0.4) is 0 Å². The van der Waals surface area contributed by atoms with Crippen molar-refractivity contribution in [3.8, 4) is 11.6 Å². The summed E-state index contributed by atoms with van der Waals surface area (Å²) in [6.07, 6.45) is 3.32. The van der Waals surface area contributed by atoms with Gasteiger partial charge >= 0.3 is 0 Å². The van der Waals surface area contributed by atoms with E-state index >= 15 is 0 Å². The van der Waals surface area contributed by atoms with Gasteiger partial charge in [0.2, 0.25) is 5.82 Å². The molecule has 0 saturated heterocycles. The molecule has 6 nitrogen and oxygen atoms in total. The molecule has 17 heavy (non-hydrogen) atoms. The minimum absolute atomic E-state index is 0.214. The molecule has 2 aromatic rings. The maximum Gasteiger partial charge on any atom is 0.259 e. The first kappa shape index (κ1) is 10.5. The van der Waals surface area contributed by atoms with Gasteiger partial charge in [-0.2, -0.15) is 4.98 Å². The molecule has 3 rings (SSSR count). The number of hydrogen-bond donors (Lipinski definition) is 1. The van der Waals surface area contributed by atoms with Crippen molar-refractivity contribution in [1.29, 1.82) is 0 Å². The first-order valence-electron chi connectivity index (χ1n) is 5.56. The summed E-state index contributed by atoms with van der Waals surface area (Å²) < 4.78 is 10.3. The minimum Gasteiger partial charge on any atom is -0.440 e. The van der Waals surface area contributed by atoms with E-state index in [1.165, 1.54) is 6.39 Å². The van der Waals surface area contributed by atoms with E-state index in [0.29, 0.717) is 17.3 Å². The highest BCUT2D eigenvalue weighted by Gasteiger charge is 2.45. The molecule has 1 fully saturated rings. The molecule has 0 aliphatic heterocycles. The Morgan fingerprint density at radius 1 is 1.47 bits per heavy atom. The van der Waals surface area contributed by atoms with Crippen LogP contribution in [-0.2, 0) is 5.60 Å². The molecular weight excluding hydrogens is 222 g/mol. The number of oxazole rings is 1. The van der Waals surface area contributed by atoms with Gasteiger partial charge in [0.25, 0.3) is 5.89 Å². The maximum absolute atomic E-state index is 10.3. The predicted octanol–water partition coefficient (Wildman–Crippen LogP) is 1.65. The molecule has 0 amide bonds. The molecule has 0 radical (unpaired) electrons. The zero-order valence-corrected chi connectivity index (χ0v) is 9.67. The van der Waals surface area contributed by atoms with Crippen molar-refractivity contribution in [2.75, 3.05) is 0 Å². The quantitative estimate of drug-likeness (QED) is 0.870. The SMILES string of the molecule is Cc1ncoc1-c1noc(C(C)(O)C2CC2)n1. The lowest BCUT2D eigenvalue weighted by Gasteiger charge is -2.16. The topological polar surface area (TPSA) is 85.2 Å². The molecule has 0 bridgehead atoms. The Morgan fingerprint density at radius 3 is 2.82 bits per heavy atom. The summed E-state index contributed by atoms with van der Waals surface area (Å²) in [4.78, 5) is 8.15. The van der Waals surface area contributed by atoms with Gasteiger partial charge in [-0.1, -0.05) is 5.16 Å². The van der Waals surface area contributed by atoms with Gasteiger partial charge < -0.3 is 14.0 Å². The molecular formula is C11H13N3O3. The van der Waals surface area contributed by atoms with E-state index in [0.717, 1.165) is 12.8 Å². The average molecular weight is 235 g/mol. The van der Waals surface area contributed by atoms with Crippen LogP contribution in [0.1, 0.15) is 31.4 Å². The van der Waals surface area contributed by atoms with Gasteiger partial charge in [0.1, 0.15) is 5.60 Å². The summed E-state index contributed by atoms with van der Waals surface area (Å²) in [5.41, 5.74) is -0.345. The zero-order chi connectivity index (χ0) is 12.0. The number of aliphatic hydroxyl groups is 1. The first-order valence-corrected chi connectivity index (χ1v) is 5.56. The van der Waals surface area contributed by atoms with Crippen LogP contribution < -0.4 is 0 Å². The molecule has 0 aromatic carbocycles. The second-order valence-corrected chi connectivity index (χ2v) is 4.61. The van der Waals surface area contributed by atoms with Crippen molar-refractivity contribution in [2.45, 2.75) is 32.3 Å². The highest BCUT2D eigenvalue weighted by Crippen LogP contribution is 2.45. The Balaban J connectivity index is 1.95. The molecule has 1 unspecified atom stereocenters. The summed E-state index contributed by atoms with van der Waals surface area (Å²) in [6.45, 7) is 3.50. The van der Waals surface area contributed by atoms with Gasteiger partial charge in [0.15, 0.2) is 12.2 Å². The van der Waals surface area contributed by atoms with Crippen molar-refractivity contribution in [3.63, 3.8) is 0 Å². The molecule has 2 aromatic heterocycles. The smallest absolute Gasteiger partial charge is 0.259 e. The monoisotopic (exact) mass is 235 g/mol. The first-order chi connectivity index (χ1) is 8.09. The van der Waals surface area contributed by atoms with Gasteiger partial charge in [-0.05, 0) is 32.6 Å². The van der Waals surface area contributed by atoms with Crippen LogP contribution in [0.25, 0.3) is 11.6 Å². The molecule has 0 spiro atoms. The van der Waals surface area contributed by atoms with Crippen molar-refractivity contribution >= 4 is 0 Å². The van der Waals surface area contributed by atoms with Crippen LogP contribution in [0, 0.1) is 12.8 Å². The van der Waals surface area contributed by atoms with Crippen molar-refractivity contribution in [2.24, 2.45) is 5.92 Å². The number of hydrogen-bond acceptors (Lipinski definition) is 6. The lowest BCUT2D eigenvalue weighted by molar-refractivity contribution is 0.000916. The summed E-state index contributed by atoms with van der Waals surface area (Å²) in [5, 5.41) is 14.1.